The van der Waals surface area contributed by atoms with Crippen LogP contribution in [0.3, 0.4) is 0 Å². The Bertz CT molecular complexity index is 986. The lowest BCUT2D eigenvalue weighted by atomic mass is 10.0. The zero-order chi connectivity index (χ0) is 20.4. The lowest BCUT2D eigenvalue weighted by Gasteiger charge is -2.36. The molecular weight excluding hydrogens is 393 g/mol. The second kappa shape index (κ2) is 8.22. The summed E-state index contributed by atoms with van der Waals surface area (Å²) in [6, 6.07) is 12.9. The van der Waals surface area contributed by atoms with E-state index in [9.17, 15) is 17.6 Å². The number of aryl methyl sites for hydroxylation is 1. The molecule has 0 atom stereocenters. The van der Waals surface area contributed by atoms with Gasteiger partial charge in [0.1, 0.15) is 5.82 Å². The minimum absolute atomic E-state index is 0.0481. The van der Waals surface area contributed by atoms with Crippen LogP contribution in [0.1, 0.15) is 12.0 Å². The number of nitrogens with zero attached hydrogens (tertiary/aromatic N) is 3. The molecule has 2 aliphatic heterocycles. The van der Waals surface area contributed by atoms with Crippen LogP contribution in [0.2, 0.25) is 0 Å². The molecule has 29 heavy (non-hydrogen) atoms. The molecule has 8 heteroatoms. The van der Waals surface area contributed by atoms with Crippen molar-refractivity contribution in [3.8, 4) is 0 Å². The van der Waals surface area contributed by atoms with Gasteiger partial charge in [0, 0.05) is 38.4 Å². The first kappa shape index (κ1) is 20.0. The molecule has 1 amide bonds. The van der Waals surface area contributed by atoms with Crippen LogP contribution in [0.5, 0.6) is 0 Å². The van der Waals surface area contributed by atoms with Gasteiger partial charge in [-0.05, 0) is 48.7 Å². The maximum atomic E-state index is 13.1. The van der Waals surface area contributed by atoms with Gasteiger partial charge in [0.25, 0.3) is 0 Å². The van der Waals surface area contributed by atoms with Crippen molar-refractivity contribution in [2.45, 2.75) is 17.7 Å². The summed E-state index contributed by atoms with van der Waals surface area (Å²) in [5.41, 5.74) is 2.18. The summed E-state index contributed by atoms with van der Waals surface area (Å²) in [6.45, 7) is 2.59. The Labute approximate surface area is 170 Å². The van der Waals surface area contributed by atoms with Gasteiger partial charge in [0.15, 0.2) is 0 Å². The highest BCUT2D eigenvalue weighted by atomic mass is 32.2. The summed E-state index contributed by atoms with van der Waals surface area (Å²) in [6.07, 6.45) is 1.94. The molecule has 2 aromatic rings. The van der Waals surface area contributed by atoms with E-state index in [1.807, 2.05) is 28.0 Å². The number of halogens is 1. The average molecular weight is 418 g/mol. The number of amides is 1. The number of piperazine rings is 1. The number of sulfonamides is 1. The molecule has 2 aliphatic rings. The van der Waals surface area contributed by atoms with Crippen LogP contribution in [-0.4, -0.2) is 62.8 Å². The fourth-order valence-corrected chi connectivity index (χ4v) is 5.38. The topological polar surface area (TPSA) is 60.9 Å². The van der Waals surface area contributed by atoms with Gasteiger partial charge in [-0.2, -0.15) is 4.31 Å². The quantitative estimate of drug-likeness (QED) is 0.765. The first-order valence-electron chi connectivity index (χ1n) is 9.81. The summed E-state index contributed by atoms with van der Waals surface area (Å²) in [5.74, 6) is -0.418. The third-order valence-electron chi connectivity index (χ3n) is 5.55. The number of carbonyl (C=O) groups excluding carboxylic acids is 1. The maximum Gasteiger partial charge on any atom is 0.243 e. The first-order chi connectivity index (χ1) is 13.9. The second-order valence-corrected chi connectivity index (χ2v) is 9.35. The highest BCUT2D eigenvalue weighted by Gasteiger charge is 2.30. The average Bonchev–Trinajstić information content (AvgIpc) is 2.74. The van der Waals surface area contributed by atoms with Crippen molar-refractivity contribution >= 4 is 21.6 Å². The molecule has 0 unspecified atom stereocenters. The molecule has 6 nitrogen and oxygen atoms in total. The Kier molecular flexibility index (Phi) is 5.67. The Morgan fingerprint density at radius 2 is 1.62 bits per heavy atom. The van der Waals surface area contributed by atoms with E-state index in [2.05, 4.69) is 6.07 Å². The minimum Gasteiger partial charge on any atom is -0.311 e. The molecule has 2 heterocycles. The van der Waals surface area contributed by atoms with Crippen molar-refractivity contribution in [3.05, 3.63) is 59.9 Å². The van der Waals surface area contributed by atoms with E-state index in [0.717, 1.165) is 37.2 Å². The summed E-state index contributed by atoms with van der Waals surface area (Å²) in [7, 11) is -3.65. The third kappa shape index (κ3) is 4.19. The van der Waals surface area contributed by atoms with E-state index in [4.69, 9.17) is 0 Å². The van der Waals surface area contributed by atoms with E-state index in [1.165, 1.54) is 22.0 Å². The summed E-state index contributed by atoms with van der Waals surface area (Å²) in [4.78, 5) is 16.8. The lowest BCUT2D eigenvalue weighted by molar-refractivity contribution is -0.120. The smallest absolute Gasteiger partial charge is 0.243 e. The minimum atomic E-state index is -3.65. The van der Waals surface area contributed by atoms with Gasteiger partial charge in [0.05, 0.1) is 11.4 Å². The highest BCUT2D eigenvalue weighted by molar-refractivity contribution is 7.89. The Morgan fingerprint density at radius 1 is 0.931 bits per heavy atom. The normalized spacial score (nSPS) is 18.4. The van der Waals surface area contributed by atoms with Gasteiger partial charge in [-0.25, -0.2) is 12.8 Å². The van der Waals surface area contributed by atoms with Crippen LogP contribution in [-0.2, 0) is 21.2 Å². The van der Waals surface area contributed by atoms with Crippen LogP contribution in [0, 0.1) is 5.82 Å². The molecule has 0 radical (unpaired) electrons. The Hall–Kier alpha value is -2.29. The largest absolute Gasteiger partial charge is 0.311 e. The second-order valence-electron chi connectivity index (χ2n) is 7.41. The van der Waals surface area contributed by atoms with E-state index < -0.39 is 15.8 Å². The van der Waals surface area contributed by atoms with Crippen molar-refractivity contribution in [3.63, 3.8) is 0 Å². The number of benzene rings is 2. The number of anilines is 1. The SMILES string of the molecule is O=C(CN1CCN(S(=O)(=O)c2ccc(F)cc2)CC1)N1CCCc2ccccc21. The van der Waals surface area contributed by atoms with Crippen molar-refractivity contribution in [2.24, 2.45) is 0 Å². The predicted molar refractivity (Wildman–Crippen MR) is 109 cm³/mol. The number of hydrogen-bond acceptors (Lipinski definition) is 4. The number of fused-ring (bicyclic) bond motifs is 1. The van der Waals surface area contributed by atoms with Gasteiger partial charge < -0.3 is 4.90 Å². The lowest BCUT2D eigenvalue weighted by Crippen LogP contribution is -2.52. The van der Waals surface area contributed by atoms with Crippen LogP contribution >= 0.6 is 0 Å². The molecule has 1 fully saturated rings. The van der Waals surface area contributed by atoms with Gasteiger partial charge in [-0.1, -0.05) is 18.2 Å². The highest BCUT2D eigenvalue weighted by Crippen LogP contribution is 2.27. The summed E-state index contributed by atoms with van der Waals surface area (Å²) < 4.78 is 39.9. The maximum absolute atomic E-state index is 13.1. The molecule has 4 rings (SSSR count). The van der Waals surface area contributed by atoms with Crippen LogP contribution in [0.25, 0.3) is 0 Å². The molecule has 0 bridgehead atoms. The number of hydrogen-bond donors (Lipinski definition) is 0. The fourth-order valence-electron chi connectivity index (χ4n) is 3.95. The molecule has 0 N–H and O–H groups in total. The van der Waals surface area contributed by atoms with Crippen LogP contribution in [0.15, 0.2) is 53.4 Å². The monoisotopic (exact) mass is 417 g/mol. The van der Waals surface area contributed by atoms with Crippen molar-refractivity contribution in [1.82, 2.24) is 9.21 Å². The van der Waals surface area contributed by atoms with Crippen molar-refractivity contribution < 1.29 is 17.6 Å². The molecule has 0 aromatic heterocycles. The predicted octanol–water partition coefficient (Wildman–Crippen LogP) is 2.11. The van der Waals surface area contributed by atoms with Crippen molar-refractivity contribution in [2.75, 3.05) is 44.2 Å². The van der Waals surface area contributed by atoms with E-state index in [1.54, 1.807) is 0 Å². The third-order valence-corrected chi connectivity index (χ3v) is 7.47. The van der Waals surface area contributed by atoms with Crippen molar-refractivity contribution in [1.29, 1.82) is 0 Å². The summed E-state index contributed by atoms with van der Waals surface area (Å²) >= 11 is 0. The fraction of sp³-hybridized carbons (Fsp3) is 0.381. The zero-order valence-corrected chi connectivity index (χ0v) is 16.9. The first-order valence-corrected chi connectivity index (χ1v) is 11.3. The van der Waals surface area contributed by atoms with Gasteiger partial charge in [0.2, 0.25) is 15.9 Å². The van der Waals surface area contributed by atoms with Gasteiger partial charge in [-0.3, -0.25) is 9.69 Å². The number of para-hydroxylation sites is 1. The van der Waals surface area contributed by atoms with Gasteiger partial charge in [-0.15, -0.1) is 0 Å². The van der Waals surface area contributed by atoms with Gasteiger partial charge >= 0.3 is 0 Å². The molecular formula is C21H24FN3O3S. The number of rotatable bonds is 4. The number of carbonyl (C=O) groups is 1. The molecule has 0 spiro atoms. The standard InChI is InChI=1S/C21H24FN3O3S/c22-18-7-9-19(10-8-18)29(27,28)24-14-12-23(13-15-24)16-21(26)25-11-3-5-17-4-1-2-6-20(17)25/h1-2,4,6-10H,3,5,11-16H2. The van der Waals surface area contributed by atoms with E-state index in [-0.39, 0.29) is 17.3 Å². The van der Waals surface area contributed by atoms with E-state index >= 15 is 0 Å². The summed E-state index contributed by atoms with van der Waals surface area (Å²) in [5, 5.41) is 0. The Morgan fingerprint density at radius 3 is 2.34 bits per heavy atom. The Balaban J connectivity index is 1.37. The molecule has 0 aliphatic carbocycles. The zero-order valence-electron chi connectivity index (χ0n) is 16.1. The van der Waals surface area contributed by atoms with Crippen LogP contribution in [0.4, 0.5) is 10.1 Å². The molecule has 154 valence electrons. The van der Waals surface area contributed by atoms with E-state index in [0.29, 0.717) is 26.2 Å². The molecule has 2 aromatic carbocycles. The van der Waals surface area contributed by atoms with Crippen LogP contribution < -0.4 is 4.90 Å². The molecule has 0 saturated carbocycles. The molecule has 1 saturated heterocycles.